The topological polar surface area (TPSA) is 58.6 Å². The summed E-state index contributed by atoms with van der Waals surface area (Å²) in [6, 6.07) is 1.80. The molecule has 130 valence electrons. The molecular weight excluding hydrogens is 312 g/mol. The second-order valence-electron chi connectivity index (χ2n) is 6.37. The number of nitrogens with zero attached hydrogens (tertiary/aromatic N) is 1. The molecular formula is C17H28N2O3S. The smallest absolute Gasteiger partial charge is 0.241 e. The first kappa shape index (κ1) is 18.2. The number of hydrogen-bond donors (Lipinski definition) is 1. The van der Waals surface area contributed by atoms with Gasteiger partial charge in [-0.1, -0.05) is 6.92 Å². The zero-order valence-corrected chi connectivity index (χ0v) is 15.6. The number of benzene rings is 1. The summed E-state index contributed by atoms with van der Waals surface area (Å²) in [5, 5.41) is 0. The Balaban J connectivity index is 2.19. The van der Waals surface area contributed by atoms with Gasteiger partial charge in [0.15, 0.2) is 0 Å². The van der Waals surface area contributed by atoms with Crippen molar-refractivity contribution in [3.63, 3.8) is 0 Å². The summed E-state index contributed by atoms with van der Waals surface area (Å²) < 4.78 is 33.7. The number of nitrogens with one attached hydrogen (secondary N) is 1. The third-order valence-corrected chi connectivity index (χ3v) is 6.56. The van der Waals surface area contributed by atoms with Crippen LogP contribution in [0.15, 0.2) is 11.0 Å². The predicted molar refractivity (Wildman–Crippen MR) is 92.6 cm³/mol. The van der Waals surface area contributed by atoms with Crippen molar-refractivity contribution in [1.29, 1.82) is 0 Å². The van der Waals surface area contributed by atoms with Crippen LogP contribution in [0.1, 0.15) is 30.0 Å². The average Bonchev–Trinajstić information content (AvgIpc) is 2.97. The second kappa shape index (κ2) is 7.20. The summed E-state index contributed by atoms with van der Waals surface area (Å²) in [6.45, 7) is 11.2. The minimum atomic E-state index is -3.50. The zero-order chi connectivity index (χ0) is 17.2. The number of sulfonamides is 1. The highest BCUT2D eigenvalue weighted by molar-refractivity contribution is 7.89. The van der Waals surface area contributed by atoms with Crippen LogP contribution in [-0.2, 0) is 10.0 Å². The summed E-state index contributed by atoms with van der Waals surface area (Å²) in [5.41, 5.74) is 2.35. The molecule has 0 aliphatic carbocycles. The molecule has 2 rings (SSSR count). The van der Waals surface area contributed by atoms with E-state index in [9.17, 15) is 8.42 Å². The SMILES string of the molecule is CCN1CC[C@@H](CNS(=O)(=O)c2c(C)cc(OC)c(C)c2C)C1. The van der Waals surface area contributed by atoms with Crippen molar-refractivity contribution in [3.05, 3.63) is 22.8 Å². The van der Waals surface area contributed by atoms with Gasteiger partial charge in [-0.15, -0.1) is 0 Å². The molecule has 0 amide bonds. The van der Waals surface area contributed by atoms with Gasteiger partial charge in [0, 0.05) is 13.1 Å². The van der Waals surface area contributed by atoms with Gasteiger partial charge in [-0.25, -0.2) is 13.1 Å². The Morgan fingerprint density at radius 2 is 2.00 bits per heavy atom. The lowest BCUT2D eigenvalue weighted by Gasteiger charge is -2.18. The Bertz CT molecular complexity index is 671. The average molecular weight is 340 g/mol. The van der Waals surface area contributed by atoms with Crippen molar-refractivity contribution in [1.82, 2.24) is 9.62 Å². The largest absolute Gasteiger partial charge is 0.496 e. The molecule has 1 aliphatic rings. The van der Waals surface area contributed by atoms with E-state index < -0.39 is 10.0 Å². The molecule has 0 aromatic heterocycles. The molecule has 1 N–H and O–H groups in total. The van der Waals surface area contributed by atoms with Crippen LogP contribution in [0.4, 0.5) is 0 Å². The minimum Gasteiger partial charge on any atom is -0.496 e. The highest BCUT2D eigenvalue weighted by atomic mass is 32.2. The quantitative estimate of drug-likeness (QED) is 0.863. The molecule has 1 heterocycles. The van der Waals surface area contributed by atoms with E-state index in [2.05, 4.69) is 16.5 Å². The molecule has 1 aromatic rings. The van der Waals surface area contributed by atoms with Gasteiger partial charge in [-0.05, 0) is 69.0 Å². The van der Waals surface area contributed by atoms with Gasteiger partial charge in [0.05, 0.1) is 12.0 Å². The fourth-order valence-corrected chi connectivity index (χ4v) is 4.95. The van der Waals surface area contributed by atoms with Gasteiger partial charge in [0.1, 0.15) is 5.75 Å². The van der Waals surface area contributed by atoms with E-state index in [1.807, 2.05) is 20.8 Å². The van der Waals surface area contributed by atoms with Crippen molar-refractivity contribution in [2.24, 2.45) is 5.92 Å². The van der Waals surface area contributed by atoms with Crippen LogP contribution < -0.4 is 9.46 Å². The predicted octanol–water partition coefficient (Wildman–Crippen LogP) is 2.24. The molecule has 6 heteroatoms. The Hall–Kier alpha value is -1.11. The number of methoxy groups -OCH3 is 1. The molecule has 0 spiro atoms. The summed E-state index contributed by atoms with van der Waals surface area (Å²) in [7, 11) is -1.90. The standard InChI is InChI=1S/C17H28N2O3S/c1-6-19-8-7-15(11-19)10-18-23(20,21)17-12(2)9-16(22-5)13(3)14(17)4/h9,15,18H,6-8,10-11H2,1-5H3/t15-/m0/s1. The summed E-state index contributed by atoms with van der Waals surface area (Å²) in [4.78, 5) is 2.74. The van der Waals surface area contributed by atoms with Gasteiger partial charge in [-0.2, -0.15) is 0 Å². The lowest BCUT2D eigenvalue weighted by atomic mass is 10.1. The van der Waals surface area contributed by atoms with Crippen LogP contribution in [0.5, 0.6) is 5.75 Å². The number of rotatable bonds is 6. The Morgan fingerprint density at radius 3 is 2.57 bits per heavy atom. The number of ether oxygens (including phenoxy) is 1. The van der Waals surface area contributed by atoms with Gasteiger partial charge >= 0.3 is 0 Å². The molecule has 1 saturated heterocycles. The fourth-order valence-electron chi connectivity index (χ4n) is 3.31. The van der Waals surface area contributed by atoms with E-state index in [-0.39, 0.29) is 0 Å². The first-order chi connectivity index (χ1) is 10.8. The van der Waals surface area contributed by atoms with Crippen molar-refractivity contribution in [2.75, 3.05) is 33.3 Å². The first-order valence-electron chi connectivity index (χ1n) is 8.17. The summed E-state index contributed by atoms with van der Waals surface area (Å²) in [5.74, 6) is 1.12. The molecule has 0 bridgehead atoms. The summed E-state index contributed by atoms with van der Waals surface area (Å²) in [6.07, 6.45) is 1.05. The highest BCUT2D eigenvalue weighted by Crippen LogP contribution is 2.30. The normalized spacial score (nSPS) is 19.3. The van der Waals surface area contributed by atoms with Gasteiger partial charge in [0.2, 0.25) is 10.0 Å². The van der Waals surface area contributed by atoms with Crippen LogP contribution in [0.2, 0.25) is 0 Å². The lowest BCUT2D eigenvalue weighted by molar-refractivity contribution is 0.342. The molecule has 0 saturated carbocycles. The van der Waals surface area contributed by atoms with E-state index in [0.29, 0.717) is 17.4 Å². The van der Waals surface area contributed by atoms with Gasteiger partial charge < -0.3 is 9.64 Å². The molecule has 0 radical (unpaired) electrons. The van der Waals surface area contributed by atoms with Crippen LogP contribution >= 0.6 is 0 Å². The number of hydrogen-bond acceptors (Lipinski definition) is 4. The van der Waals surface area contributed by atoms with Crippen LogP contribution in [0.3, 0.4) is 0 Å². The molecule has 0 unspecified atom stereocenters. The maximum absolute atomic E-state index is 12.8. The molecule has 5 nitrogen and oxygen atoms in total. The third-order valence-electron chi connectivity index (χ3n) is 4.85. The van der Waals surface area contributed by atoms with Crippen molar-refractivity contribution >= 4 is 10.0 Å². The van der Waals surface area contributed by atoms with E-state index in [1.54, 1.807) is 13.2 Å². The number of aryl methyl sites for hydroxylation is 1. The van der Waals surface area contributed by atoms with Crippen LogP contribution in [0.25, 0.3) is 0 Å². The maximum Gasteiger partial charge on any atom is 0.241 e. The van der Waals surface area contributed by atoms with E-state index in [4.69, 9.17) is 4.74 Å². The van der Waals surface area contributed by atoms with Crippen LogP contribution in [-0.4, -0.2) is 46.6 Å². The van der Waals surface area contributed by atoms with E-state index >= 15 is 0 Å². The zero-order valence-electron chi connectivity index (χ0n) is 14.8. The third kappa shape index (κ3) is 3.87. The Kier molecular flexibility index (Phi) is 5.70. The van der Waals surface area contributed by atoms with E-state index in [1.165, 1.54) is 0 Å². The van der Waals surface area contributed by atoms with Crippen molar-refractivity contribution < 1.29 is 13.2 Å². The highest BCUT2D eigenvalue weighted by Gasteiger charge is 2.26. The minimum absolute atomic E-state index is 0.390. The molecule has 1 fully saturated rings. The Morgan fingerprint density at radius 1 is 1.30 bits per heavy atom. The monoisotopic (exact) mass is 340 g/mol. The Labute approximate surface area is 140 Å². The summed E-state index contributed by atoms with van der Waals surface area (Å²) >= 11 is 0. The lowest BCUT2D eigenvalue weighted by Crippen LogP contribution is -2.32. The second-order valence-corrected chi connectivity index (χ2v) is 8.08. The van der Waals surface area contributed by atoms with Crippen LogP contribution in [0, 0.1) is 26.7 Å². The molecule has 1 aliphatic heterocycles. The molecule has 1 aromatic carbocycles. The van der Waals surface area contributed by atoms with Crippen molar-refractivity contribution in [3.8, 4) is 5.75 Å². The maximum atomic E-state index is 12.8. The van der Waals surface area contributed by atoms with Crippen molar-refractivity contribution in [2.45, 2.75) is 39.0 Å². The molecule has 23 heavy (non-hydrogen) atoms. The van der Waals surface area contributed by atoms with Gasteiger partial charge in [0.25, 0.3) is 0 Å². The molecule has 1 atom stereocenters. The van der Waals surface area contributed by atoms with E-state index in [0.717, 1.165) is 48.5 Å². The van der Waals surface area contributed by atoms with Gasteiger partial charge in [-0.3, -0.25) is 0 Å². The first-order valence-corrected chi connectivity index (χ1v) is 9.65. The fraction of sp³-hybridized carbons (Fsp3) is 0.647. The number of likely N-dealkylation sites (tertiary alicyclic amines) is 1.